The van der Waals surface area contributed by atoms with E-state index in [9.17, 15) is 4.79 Å². The summed E-state index contributed by atoms with van der Waals surface area (Å²) in [5.41, 5.74) is 1.94. The van der Waals surface area contributed by atoms with Gasteiger partial charge in [-0.2, -0.15) is 5.10 Å². The Bertz CT molecular complexity index is 681. The van der Waals surface area contributed by atoms with Crippen LogP contribution in [0.1, 0.15) is 11.3 Å². The van der Waals surface area contributed by atoms with Crippen LogP contribution in [0.4, 0.5) is 10.6 Å². The molecular weight excluding hydrogens is 308 g/mol. The molecule has 0 aliphatic carbocycles. The van der Waals surface area contributed by atoms with E-state index in [0.717, 1.165) is 30.2 Å². The zero-order valence-electron chi connectivity index (χ0n) is 13.7. The molecule has 0 aromatic carbocycles. The molecule has 128 valence electrons. The van der Waals surface area contributed by atoms with Crippen LogP contribution in [0, 0.1) is 0 Å². The lowest BCUT2D eigenvalue weighted by molar-refractivity contribution is 0.122. The fourth-order valence-corrected chi connectivity index (χ4v) is 2.61. The Hall–Kier alpha value is -2.61. The molecule has 0 atom stereocenters. The molecule has 3 heterocycles. The van der Waals surface area contributed by atoms with Crippen molar-refractivity contribution in [2.75, 3.05) is 31.2 Å². The Balaban J connectivity index is 1.54. The monoisotopic (exact) mass is 330 g/mol. The fraction of sp³-hybridized carbons (Fsp3) is 0.438. The van der Waals surface area contributed by atoms with E-state index in [-0.39, 0.29) is 6.03 Å². The number of aromatic nitrogens is 3. The van der Waals surface area contributed by atoms with E-state index in [1.165, 1.54) is 0 Å². The van der Waals surface area contributed by atoms with Crippen molar-refractivity contribution in [3.05, 3.63) is 41.9 Å². The highest BCUT2D eigenvalue weighted by atomic mass is 16.5. The number of hydrogen-bond acceptors (Lipinski definition) is 5. The van der Waals surface area contributed by atoms with Crippen molar-refractivity contribution in [1.82, 2.24) is 25.4 Å². The number of morpholine rings is 1. The molecule has 2 N–H and O–H groups in total. The Kier molecular flexibility index (Phi) is 5.27. The largest absolute Gasteiger partial charge is 0.378 e. The summed E-state index contributed by atoms with van der Waals surface area (Å²) in [7, 11) is 1.85. The average molecular weight is 330 g/mol. The molecule has 24 heavy (non-hydrogen) atoms. The lowest BCUT2D eigenvalue weighted by Crippen LogP contribution is -2.38. The van der Waals surface area contributed by atoms with Gasteiger partial charge in [0.2, 0.25) is 0 Å². The van der Waals surface area contributed by atoms with Gasteiger partial charge in [-0.1, -0.05) is 6.07 Å². The van der Waals surface area contributed by atoms with Gasteiger partial charge >= 0.3 is 6.03 Å². The van der Waals surface area contributed by atoms with Crippen LogP contribution in [0.5, 0.6) is 0 Å². The van der Waals surface area contributed by atoms with E-state index in [4.69, 9.17) is 4.74 Å². The number of aryl methyl sites for hydroxylation is 1. The summed E-state index contributed by atoms with van der Waals surface area (Å²) >= 11 is 0. The first-order valence-electron chi connectivity index (χ1n) is 7.99. The summed E-state index contributed by atoms with van der Waals surface area (Å²) in [4.78, 5) is 18.7. The van der Waals surface area contributed by atoms with Crippen LogP contribution in [0.3, 0.4) is 0 Å². The van der Waals surface area contributed by atoms with Crippen LogP contribution in [-0.4, -0.2) is 47.1 Å². The van der Waals surface area contributed by atoms with Crippen LogP contribution in [0.25, 0.3) is 0 Å². The van der Waals surface area contributed by atoms with Crippen molar-refractivity contribution in [3.8, 4) is 0 Å². The molecule has 2 aromatic heterocycles. The van der Waals surface area contributed by atoms with Gasteiger partial charge in [0.05, 0.1) is 25.5 Å². The summed E-state index contributed by atoms with van der Waals surface area (Å²) in [5, 5.41) is 9.79. The summed E-state index contributed by atoms with van der Waals surface area (Å²) in [6.45, 7) is 3.90. The first kappa shape index (κ1) is 16.3. The van der Waals surface area contributed by atoms with Gasteiger partial charge in [0.25, 0.3) is 0 Å². The van der Waals surface area contributed by atoms with Gasteiger partial charge in [-0.05, 0) is 12.1 Å². The quantitative estimate of drug-likeness (QED) is 0.841. The summed E-state index contributed by atoms with van der Waals surface area (Å²) in [6, 6.07) is 5.53. The minimum Gasteiger partial charge on any atom is -0.378 e. The first-order valence-corrected chi connectivity index (χ1v) is 7.99. The number of ether oxygens (including phenoxy) is 1. The Morgan fingerprint density at radius 1 is 1.21 bits per heavy atom. The van der Waals surface area contributed by atoms with Gasteiger partial charge < -0.3 is 20.3 Å². The normalized spacial score (nSPS) is 14.5. The molecule has 1 fully saturated rings. The number of anilines is 1. The van der Waals surface area contributed by atoms with Gasteiger partial charge in [0, 0.05) is 44.6 Å². The minimum absolute atomic E-state index is 0.215. The molecule has 0 unspecified atom stereocenters. The fourth-order valence-electron chi connectivity index (χ4n) is 2.61. The van der Waals surface area contributed by atoms with Crippen molar-refractivity contribution < 1.29 is 9.53 Å². The van der Waals surface area contributed by atoms with E-state index >= 15 is 0 Å². The molecule has 1 aliphatic heterocycles. The van der Waals surface area contributed by atoms with Crippen LogP contribution in [0.15, 0.2) is 30.6 Å². The lowest BCUT2D eigenvalue weighted by Gasteiger charge is -2.29. The smallest absolute Gasteiger partial charge is 0.315 e. The van der Waals surface area contributed by atoms with E-state index in [1.807, 2.05) is 25.2 Å². The predicted molar refractivity (Wildman–Crippen MR) is 89.6 cm³/mol. The van der Waals surface area contributed by atoms with Crippen molar-refractivity contribution in [1.29, 1.82) is 0 Å². The second kappa shape index (κ2) is 7.78. The molecule has 1 aliphatic rings. The SMILES string of the molecule is Cn1nccc1CNC(=O)NCc1cccnc1N1CCOCC1. The van der Waals surface area contributed by atoms with Crippen molar-refractivity contribution in [3.63, 3.8) is 0 Å². The van der Waals surface area contributed by atoms with E-state index in [1.54, 1.807) is 17.1 Å². The molecular formula is C16H22N6O2. The predicted octanol–water partition coefficient (Wildman–Crippen LogP) is 0.651. The molecule has 1 saturated heterocycles. The Labute approximate surface area is 140 Å². The van der Waals surface area contributed by atoms with Crippen LogP contribution < -0.4 is 15.5 Å². The molecule has 3 rings (SSSR count). The first-order chi connectivity index (χ1) is 11.7. The van der Waals surface area contributed by atoms with E-state index in [0.29, 0.717) is 26.3 Å². The molecule has 8 heteroatoms. The lowest BCUT2D eigenvalue weighted by atomic mass is 10.2. The second-order valence-electron chi connectivity index (χ2n) is 5.57. The third kappa shape index (κ3) is 4.02. The Morgan fingerprint density at radius 2 is 2.00 bits per heavy atom. The summed E-state index contributed by atoms with van der Waals surface area (Å²) in [5.74, 6) is 0.910. The molecule has 0 radical (unpaired) electrons. The maximum Gasteiger partial charge on any atom is 0.315 e. The number of urea groups is 1. The highest BCUT2D eigenvalue weighted by molar-refractivity contribution is 5.74. The highest BCUT2D eigenvalue weighted by Crippen LogP contribution is 2.18. The topological polar surface area (TPSA) is 84.3 Å². The van der Waals surface area contributed by atoms with Gasteiger partial charge in [-0.15, -0.1) is 0 Å². The number of nitrogens with zero attached hydrogens (tertiary/aromatic N) is 4. The maximum absolute atomic E-state index is 12.0. The molecule has 0 spiro atoms. The van der Waals surface area contributed by atoms with Gasteiger partial charge in [0.1, 0.15) is 5.82 Å². The third-order valence-corrected chi connectivity index (χ3v) is 3.97. The van der Waals surface area contributed by atoms with E-state index < -0.39 is 0 Å². The van der Waals surface area contributed by atoms with Crippen molar-refractivity contribution in [2.24, 2.45) is 7.05 Å². The van der Waals surface area contributed by atoms with Crippen LogP contribution in [-0.2, 0) is 24.9 Å². The average Bonchev–Trinajstić information content (AvgIpc) is 3.04. The number of hydrogen-bond donors (Lipinski definition) is 2. The third-order valence-electron chi connectivity index (χ3n) is 3.97. The van der Waals surface area contributed by atoms with Gasteiger partial charge in [-0.25, -0.2) is 9.78 Å². The molecule has 0 saturated carbocycles. The number of amides is 2. The summed E-state index contributed by atoms with van der Waals surface area (Å²) < 4.78 is 7.11. The second-order valence-corrected chi connectivity index (χ2v) is 5.57. The van der Waals surface area contributed by atoms with E-state index in [2.05, 4.69) is 25.6 Å². The zero-order chi connectivity index (χ0) is 16.8. The van der Waals surface area contributed by atoms with Crippen LogP contribution >= 0.6 is 0 Å². The molecule has 2 aromatic rings. The number of rotatable bonds is 5. The molecule has 2 amide bonds. The number of pyridine rings is 1. The molecule has 8 nitrogen and oxygen atoms in total. The zero-order valence-corrected chi connectivity index (χ0v) is 13.7. The van der Waals surface area contributed by atoms with Crippen LogP contribution in [0.2, 0.25) is 0 Å². The standard InChI is InChI=1S/C16H22N6O2/c1-21-14(4-6-20-21)12-19-16(23)18-11-13-3-2-5-17-15(13)22-7-9-24-10-8-22/h2-6H,7-12H2,1H3,(H2,18,19,23). The highest BCUT2D eigenvalue weighted by Gasteiger charge is 2.16. The number of nitrogens with one attached hydrogen (secondary N) is 2. The number of carbonyl (C=O) groups excluding carboxylic acids is 1. The van der Waals surface area contributed by atoms with Gasteiger partial charge in [-0.3, -0.25) is 4.68 Å². The van der Waals surface area contributed by atoms with Crippen molar-refractivity contribution in [2.45, 2.75) is 13.1 Å². The summed E-state index contributed by atoms with van der Waals surface area (Å²) in [6.07, 6.45) is 3.48. The maximum atomic E-state index is 12.0. The van der Waals surface area contributed by atoms with Gasteiger partial charge in [0.15, 0.2) is 0 Å². The van der Waals surface area contributed by atoms with Crippen molar-refractivity contribution >= 4 is 11.8 Å². The minimum atomic E-state index is -0.215. The number of carbonyl (C=O) groups is 1. The Morgan fingerprint density at radius 3 is 2.75 bits per heavy atom. The molecule has 0 bridgehead atoms.